The standard InChI is InChI=1S/C13H13NS/c1-13-7-3-2-4-12(13)15-11-8-9(14)5-6-10(11)13/h2-8,12H,14H2,1H3. The fourth-order valence-corrected chi connectivity index (χ4v) is 3.85. The molecule has 2 unspecified atom stereocenters. The van der Waals surface area contributed by atoms with Gasteiger partial charge in [0.25, 0.3) is 0 Å². The molecule has 0 amide bonds. The van der Waals surface area contributed by atoms with E-state index in [-0.39, 0.29) is 5.41 Å². The molecule has 2 atom stereocenters. The number of hydrogen-bond donors (Lipinski definition) is 1. The third kappa shape index (κ3) is 1.18. The van der Waals surface area contributed by atoms with E-state index in [0.717, 1.165) is 5.69 Å². The lowest BCUT2D eigenvalue weighted by molar-refractivity contribution is 0.620. The summed E-state index contributed by atoms with van der Waals surface area (Å²) in [7, 11) is 0. The highest BCUT2D eigenvalue weighted by molar-refractivity contribution is 8.00. The predicted octanol–water partition coefficient (Wildman–Crippen LogP) is 3.13. The Morgan fingerprint density at radius 2 is 2.20 bits per heavy atom. The van der Waals surface area contributed by atoms with Crippen molar-refractivity contribution < 1.29 is 0 Å². The van der Waals surface area contributed by atoms with Gasteiger partial charge in [-0.3, -0.25) is 0 Å². The summed E-state index contributed by atoms with van der Waals surface area (Å²) >= 11 is 1.92. The van der Waals surface area contributed by atoms with Crippen LogP contribution in [0.1, 0.15) is 12.5 Å². The van der Waals surface area contributed by atoms with Crippen molar-refractivity contribution in [2.24, 2.45) is 0 Å². The number of rotatable bonds is 0. The van der Waals surface area contributed by atoms with E-state index in [1.54, 1.807) is 0 Å². The summed E-state index contributed by atoms with van der Waals surface area (Å²) in [5.74, 6) is 0. The van der Waals surface area contributed by atoms with Crippen molar-refractivity contribution in [3.8, 4) is 0 Å². The highest BCUT2D eigenvalue weighted by Gasteiger charge is 2.41. The summed E-state index contributed by atoms with van der Waals surface area (Å²) in [6.07, 6.45) is 8.85. The van der Waals surface area contributed by atoms with E-state index in [2.05, 4.69) is 43.4 Å². The Balaban J connectivity index is 2.19. The van der Waals surface area contributed by atoms with Crippen LogP contribution in [0.2, 0.25) is 0 Å². The summed E-state index contributed by atoms with van der Waals surface area (Å²) in [5, 5.41) is 0.527. The topological polar surface area (TPSA) is 26.0 Å². The first kappa shape index (κ1) is 9.10. The second kappa shape index (κ2) is 2.92. The van der Waals surface area contributed by atoms with Crippen LogP contribution in [0.25, 0.3) is 0 Å². The van der Waals surface area contributed by atoms with Gasteiger partial charge in [0, 0.05) is 21.2 Å². The smallest absolute Gasteiger partial charge is 0.0407 e. The zero-order valence-electron chi connectivity index (χ0n) is 8.60. The van der Waals surface area contributed by atoms with Crippen LogP contribution in [0.5, 0.6) is 0 Å². The lowest BCUT2D eigenvalue weighted by Crippen LogP contribution is -2.28. The highest BCUT2D eigenvalue weighted by atomic mass is 32.2. The second-order valence-electron chi connectivity index (χ2n) is 4.32. The molecule has 0 fully saturated rings. The molecule has 1 nitrogen and oxygen atoms in total. The van der Waals surface area contributed by atoms with Gasteiger partial charge in [-0.2, -0.15) is 0 Å². The van der Waals surface area contributed by atoms with Gasteiger partial charge in [-0.15, -0.1) is 11.8 Å². The van der Waals surface area contributed by atoms with Crippen LogP contribution in [0, 0.1) is 0 Å². The van der Waals surface area contributed by atoms with Gasteiger partial charge in [0.15, 0.2) is 0 Å². The number of allylic oxidation sites excluding steroid dienone is 3. The molecule has 0 radical (unpaired) electrons. The Labute approximate surface area is 94.1 Å². The molecule has 2 N–H and O–H groups in total. The number of benzene rings is 1. The van der Waals surface area contributed by atoms with E-state index in [1.807, 2.05) is 17.8 Å². The van der Waals surface area contributed by atoms with Crippen molar-refractivity contribution in [1.82, 2.24) is 0 Å². The van der Waals surface area contributed by atoms with Crippen LogP contribution in [0.4, 0.5) is 5.69 Å². The lowest BCUT2D eigenvalue weighted by atomic mass is 9.77. The fourth-order valence-electron chi connectivity index (χ4n) is 2.34. The van der Waals surface area contributed by atoms with Gasteiger partial charge in [-0.05, 0) is 17.7 Å². The van der Waals surface area contributed by atoms with E-state index < -0.39 is 0 Å². The maximum Gasteiger partial charge on any atom is 0.0407 e. The van der Waals surface area contributed by atoms with Crippen molar-refractivity contribution in [3.05, 3.63) is 48.1 Å². The fraction of sp³-hybridized carbons (Fsp3) is 0.231. The number of thioether (sulfide) groups is 1. The van der Waals surface area contributed by atoms with Crippen molar-refractivity contribution >= 4 is 17.4 Å². The largest absolute Gasteiger partial charge is 0.399 e. The molecule has 1 heterocycles. The molecule has 2 aliphatic rings. The van der Waals surface area contributed by atoms with E-state index in [9.17, 15) is 0 Å². The summed E-state index contributed by atoms with van der Waals surface area (Å²) in [5.41, 5.74) is 8.24. The molecular weight excluding hydrogens is 202 g/mol. The minimum absolute atomic E-state index is 0.155. The van der Waals surface area contributed by atoms with Gasteiger partial charge in [-0.1, -0.05) is 37.3 Å². The quantitative estimate of drug-likeness (QED) is 0.673. The minimum Gasteiger partial charge on any atom is -0.399 e. The van der Waals surface area contributed by atoms with Crippen LogP contribution < -0.4 is 5.73 Å². The van der Waals surface area contributed by atoms with E-state index in [0.29, 0.717) is 5.25 Å². The third-order valence-electron chi connectivity index (χ3n) is 3.27. The number of anilines is 1. The van der Waals surface area contributed by atoms with Gasteiger partial charge < -0.3 is 5.73 Å². The predicted molar refractivity (Wildman–Crippen MR) is 66.1 cm³/mol. The average molecular weight is 215 g/mol. The molecule has 1 aromatic carbocycles. The monoisotopic (exact) mass is 215 g/mol. The number of nitrogens with two attached hydrogens (primary N) is 1. The molecule has 0 saturated heterocycles. The molecule has 2 heteroatoms. The number of fused-ring (bicyclic) bond motifs is 3. The van der Waals surface area contributed by atoms with Gasteiger partial charge in [0.2, 0.25) is 0 Å². The van der Waals surface area contributed by atoms with E-state index >= 15 is 0 Å². The zero-order valence-corrected chi connectivity index (χ0v) is 9.42. The maximum absolute atomic E-state index is 5.81. The van der Waals surface area contributed by atoms with Crippen LogP contribution in [-0.4, -0.2) is 5.25 Å². The SMILES string of the molecule is CC12C=CC=CC1Sc1cc(N)ccc12. The molecule has 1 aromatic rings. The molecule has 1 aliphatic carbocycles. The summed E-state index contributed by atoms with van der Waals surface area (Å²) in [6.45, 7) is 2.30. The minimum atomic E-state index is 0.155. The Hall–Kier alpha value is -1.15. The number of nitrogen functional groups attached to an aromatic ring is 1. The third-order valence-corrected chi connectivity index (χ3v) is 4.76. The van der Waals surface area contributed by atoms with Crippen molar-refractivity contribution in [1.29, 1.82) is 0 Å². The zero-order chi connectivity index (χ0) is 10.5. The number of hydrogen-bond acceptors (Lipinski definition) is 2. The van der Waals surface area contributed by atoms with Crippen LogP contribution in [0.3, 0.4) is 0 Å². The Morgan fingerprint density at radius 1 is 1.33 bits per heavy atom. The van der Waals surface area contributed by atoms with Crippen molar-refractivity contribution in [2.45, 2.75) is 22.5 Å². The van der Waals surface area contributed by atoms with Crippen molar-refractivity contribution in [2.75, 3.05) is 5.73 Å². The molecular formula is C13H13NS. The summed E-state index contributed by atoms with van der Waals surface area (Å²) in [4.78, 5) is 1.33. The Bertz CT molecular complexity index is 475. The Kier molecular flexibility index (Phi) is 1.77. The van der Waals surface area contributed by atoms with Crippen LogP contribution >= 0.6 is 11.8 Å². The Morgan fingerprint density at radius 3 is 3.07 bits per heavy atom. The van der Waals surface area contributed by atoms with Gasteiger partial charge in [0.05, 0.1) is 0 Å². The maximum atomic E-state index is 5.81. The van der Waals surface area contributed by atoms with Gasteiger partial charge in [0.1, 0.15) is 0 Å². The lowest BCUT2D eigenvalue weighted by Gasteiger charge is -2.28. The molecule has 0 saturated carbocycles. The molecule has 0 spiro atoms. The van der Waals surface area contributed by atoms with E-state index in [4.69, 9.17) is 5.73 Å². The molecule has 15 heavy (non-hydrogen) atoms. The average Bonchev–Trinajstić information content (AvgIpc) is 2.49. The summed E-state index contributed by atoms with van der Waals surface area (Å²) in [6, 6.07) is 6.26. The molecule has 0 bridgehead atoms. The first-order chi connectivity index (χ1) is 7.20. The normalized spacial score (nSPS) is 31.4. The second-order valence-corrected chi connectivity index (χ2v) is 5.50. The first-order valence-electron chi connectivity index (χ1n) is 5.13. The van der Waals surface area contributed by atoms with Crippen LogP contribution in [-0.2, 0) is 5.41 Å². The van der Waals surface area contributed by atoms with Gasteiger partial charge >= 0.3 is 0 Å². The molecule has 3 rings (SSSR count). The molecule has 76 valence electrons. The molecule has 1 aliphatic heterocycles. The summed E-state index contributed by atoms with van der Waals surface area (Å²) < 4.78 is 0. The highest BCUT2D eigenvalue weighted by Crippen LogP contribution is 2.52. The van der Waals surface area contributed by atoms with Gasteiger partial charge in [-0.25, -0.2) is 0 Å². The van der Waals surface area contributed by atoms with E-state index in [1.165, 1.54) is 10.5 Å². The van der Waals surface area contributed by atoms with Crippen molar-refractivity contribution in [3.63, 3.8) is 0 Å². The molecule has 0 aromatic heterocycles. The van der Waals surface area contributed by atoms with Crippen LogP contribution in [0.15, 0.2) is 47.4 Å². The first-order valence-corrected chi connectivity index (χ1v) is 6.01.